The van der Waals surface area contributed by atoms with Gasteiger partial charge in [0.25, 0.3) is 0 Å². The Morgan fingerprint density at radius 1 is 0.744 bits per heavy atom. The molecule has 0 radical (unpaired) electrons. The number of carbonyl (C=O) groups excluding carboxylic acids is 1. The minimum atomic E-state index is -0.392. The quantitative estimate of drug-likeness (QED) is 0.194. The van der Waals surface area contributed by atoms with Gasteiger partial charge in [-0.15, -0.1) is 0 Å². The molecule has 0 fully saturated rings. The molecule has 0 N–H and O–H groups in total. The Kier molecular flexibility index (Phi) is 9.13. The summed E-state index contributed by atoms with van der Waals surface area (Å²) in [5.74, 6) is -0.272. The molecule has 204 valence electrons. The molecule has 3 aromatic rings. The highest BCUT2D eigenvalue weighted by Crippen LogP contribution is 2.34. The molecule has 3 aromatic carbocycles. The van der Waals surface area contributed by atoms with Crippen LogP contribution in [0.2, 0.25) is 0 Å². The van der Waals surface area contributed by atoms with Gasteiger partial charge in [0.1, 0.15) is 6.10 Å². The molecule has 0 amide bonds. The summed E-state index contributed by atoms with van der Waals surface area (Å²) in [5, 5.41) is 0. The van der Waals surface area contributed by atoms with E-state index in [1.165, 1.54) is 11.4 Å². The average Bonchev–Trinajstić information content (AvgIpc) is 3.28. The maximum absolute atomic E-state index is 12.6. The minimum absolute atomic E-state index is 0.272. The number of benzene rings is 3. The second kappa shape index (κ2) is 12.7. The second-order valence-electron chi connectivity index (χ2n) is 9.90. The van der Waals surface area contributed by atoms with Crippen molar-refractivity contribution in [3.63, 3.8) is 0 Å². The molecule has 5 nitrogen and oxygen atoms in total. The van der Waals surface area contributed by atoms with Crippen LogP contribution in [0.4, 0.5) is 17.1 Å². The fourth-order valence-electron chi connectivity index (χ4n) is 5.13. The average molecular weight is 524 g/mol. The molecule has 5 heteroatoms. The van der Waals surface area contributed by atoms with Crippen LogP contribution in [-0.2, 0) is 4.74 Å². The van der Waals surface area contributed by atoms with E-state index in [1.807, 2.05) is 49.3 Å². The number of cyclic esters (lactones) is 1. The molecule has 0 saturated heterocycles. The summed E-state index contributed by atoms with van der Waals surface area (Å²) in [5.41, 5.74) is 8.39. The first-order valence-corrected chi connectivity index (χ1v) is 14.0. The predicted molar refractivity (Wildman–Crippen MR) is 165 cm³/mol. The Morgan fingerprint density at radius 3 is 1.69 bits per heavy atom. The van der Waals surface area contributed by atoms with Crippen LogP contribution < -0.4 is 14.7 Å². The minimum Gasteiger partial charge on any atom is -0.450 e. The Morgan fingerprint density at radius 2 is 1.23 bits per heavy atom. The van der Waals surface area contributed by atoms with E-state index in [9.17, 15) is 4.79 Å². The molecular formula is C34H41N3O2. The number of allylic oxidation sites excluding steroid dienone is 2. The lowest BCUT2D eigenvalue weighted by molar-refractivity contribution is 0.0467. The van der Waals surface area contributed by atoms with E-state index < -0.39 is 6.10 Å². The highest BCUT2D eigenvalue weighted by atomic mass is 16.5. The van der Waals surface area contributed by atoms with Crippen molar-refractivity contribution in [2.75, 3.05) is 55.0 Å². The number of fused-ring (bicyclic) bond motifs is 1. The molecule has 0 saturated carbocycles. The standard InChI is InChI=1S/C34H41N3O2/c1-7-36(8-2)27-18-14-25(15-19-27)30(26-16-20-28(21-17-26)37(9-3)10-4)12-11-13-33-31-23-22-29(35(5)6)24-32(31)34(38)39-33/h11-24,33H,7-10H2,1-6H3. The first kappa shape index (κ1) is 28.0. The predicted octanol–water partition coefficient (Wildman–Crippen LogP) is 7.34. The zero-order valence-electron chi connectivity index (χ0n) is 24.1. The summed E-state index contributed by atoms with van der Waals surface area (Å²) in [6, 6.07) is 23.5. The van der Waals surface area contributed by atoms with Gasteiger partial charge in [0.05, 0.1) is 5.56 Å². The van der Waals surface area contributed by atoms with Crippen molar-refractivity contribution in [2.24, 2.45) is 0 Å². The SMILES string of the molecule is CCN(CC)c1ccc(C(=CC=CC2OC(=O)c3cc(N(C)C)ccc32)c2ccc(N(CC)CC)cc2)cc1. The smallest absolute Gasteiger partial charge is 0.339 e. The van der Waals surface area contributed by atoms with Crippen molar-refractivity contribution >= 4 is 28.6 Å². The number of ether oxygens (including phenoxy) is 1. The normalized spacial score (nSPS) is 14.2. The van der Waals surface area contributed by atoms with E-state index in [2.05, 4.69) is 92.1 Å². The summed E-state index contributed by atoms with van der Waals surface area (Å²) in [4.78, 5) is 19.2. The summed E-state index contributed by atoms with van der Waals surface area (Å²) in [6.07, 6.45) is 5.71. The van der Waals surface area contributed by atoms with Crippen molar-refractivity contribution in [1.82, 2.24) is 0 Å². The van der Waals surface area contributed by atoms with E-state index >= 15 is 0 Å². The molecular weight excluding hydrogens is 482 g/mol. The fourth-order valence-corrected chi connectivity index (χ4v) is 5.13. The van der Waals surface area contributed by atoms with Gasteiger partial charge in [-0.2, -0.15) is 0 Å². The van der Waals surface area contributed by atoms with Gasteiger partial charge < -0.3 is 19.4 Å². The van der Waals surface area contributed by atoms with Crippen LogP contribution in [0, 0.1) is 0 Å². The lowest BCUT2D eigenvalue weighted by Crippen LogP contribution is -2.21. The van der Waals surface area contributed by atoms with Gasteiger partial charge in [-0.3, -0.25) is 0 Å². The van der Waals surface area contributed by atoms with E-state index in [0.29, 0.717) is 5.56 Å². The van der Waals surface area contributed by atoms with E-state index in [1.54, 1.807) is 0 Å². The third kappa shape index (κ3) is 6.19. The van der Waals surface area contributed by atoms with E-state index in [4.69, 9.17) is 4.74 Å². The van der Waals surface area contributed by atoms with Gasteiger partial charge in [0.15, 0.2) is 0 Å². The molecule has 1 aliphatic heterocycles. The van der Waals surface area contributed by atoms with Crippen molar-refractivity contribution < 1.29 is 9.53 Å². The molecule has 0 bridgehead atoms. The van der Waals surface area contributed by atoms with Crippen LogP contribution in [0.5, 0.6) is 0 Å². The van der Waals surface area contributed by atoms with Crippen molar-refractivity contribution in [2.45, 2.75) is 33.8 Å². The molecule has 1 atom stereocenters. The molecule has 39 heavy (non-hydrogen) atoms. The molecule has 0 aromatic heterocycles. The highest BCUT2D eigenvalue weighted by molar-refractivity contribution is 5.95. The van der Waals surface area contributed by atoms with Gasteiger partial charge >= 0.3 is 5.97 Å². The van der Waals surface area contributed by atoms with Gasteiger partial charge in [0.2, 0.25) is 0 Å². The number of carbonyl (C=O) groups is 1. The Hall–Kier alpha value is -3.99. The topological polar surface area (TPSA) is 36.0 Å². The number of esters is 1. The lowest BCUT2D eigenvalue weighted by atomic mass is 9.96. The number of rotatable bonds is 11. The van der Waals surface area contributed by atoms with Crippen LogP contribution in [0.25, 0.3) is 5.57 Å². The van der Waals surface area contributed by atoms with Gasteiger partial charge in [-0.1, -0.05) is 42.5 Å². The van der Waals surface area contributed by atoms with Crippen LogP contribution in [0.1, 0.15) is 60.8 Å². The summed E-state index contributed by atoms with van der Waals surface area (Å²) >= 11 is 0. The molecule has 1 aliphatic rings. The number of hydrogen-bond donors (Lipinski definition) is 0. The number of hydrogen-bond acceptors (Lipinski definition) is 5. The summed E-state index contributed by atoms with van der Waals surface area (Å²) in [7, 11) is 3.93. The molecule has 1 unspecified atom stereocenters. The van der Waals surface area contributed by atoms with E-state index in [-0.39, 0.29) is 5.97 Å². The molecule has 4 rings (SSSR count). The Labute approximate surface area is 234 Å². The molecule has 0 aliphatic carbocycles. The molecule has 1 heterocycles. The molecule has 0 spiro atoms. The highest BCUT2D eigenvalue weighted by Gasteiger charge is 2.29. The van der Waals surface area contributed by atoms with Crippen molar-refractivity contribution in [3.8, 4) is 0 Å². The van der Waals surface area contributed by atoms with Crippen LogP contribution in [0.3, 0.4) is 0 Å². The Bertz CT molecular complexity index is 1260. The largest absolute Gasteiger partial charge is 0.450 e. The van der Waals surface area contributed by atoms with Gasteiger partial charge in [-0.25, -0.2) is 4.79 Å². The number of nitrogens with zero attached hydrogens (tertiary/aromatic N) is 3. The summed E-state index contributed by atoms with van der Waals surface area (Å²) < 4.78 is 5.71. The fraction of sp³-hybridized carbons (Fsp3) is 0.324. The maximum Gasteiger partial charge on any atom is 0.339 e. The third-order valence-corrected chi connectivity index (χ3v) is 7.48. The number of anilines is 3. The van der Waals surface area contributed by atoms with Gasteiger partial charge in [0, 0.05) is 62.9 Å². The van der Waals surface area contributed by atoms with Crippen LogP contribution in [-0.4, -0.2) is 46.2 Å². The first-order chi connectivity index (χ1) is 18.9. The van der Waals surface area contributed by atoms with Crippen LogP contribution in [0.15, 0.2) is 85.0 Å². The van der Waals surface area contributed by atoms with Crippen LogP contribution >= 0.6 is 0 Å². The van der Waals surface area contributed by atoms with Crippen molar-refractivity contribution in [1.29, 1.82) is 0 Å². The Balaban J connectivity index is 1.67. The van der Waals surface area contributed by atoms with E-state index in [0.717, 1.165) is 54.1 Å². The lowest BCUT2D eigenvalue weighted by Gasteiger charge is -2.22. The van der Waals surface area contributed by atoms with Gasteiger partial charge in [-0.05, 0) is 86.9 Å². The maximum atomic E-state index is 12.6. The second-order valence-corrected chi connectivity index (χ2v) is 9.90. The summed E-state index contributed by atoms with van der Waals surface area (Å²) in [6.45, 7) is 12.6. The monoisotopic (exact) mass is 523 g/mol. The first-order valence-electron chi connectivity index (χ1n) is 14.0. The van der Waals surface area contributed by atoms with Crippen molar-refractivity contribution in [3.05, 3.63) is 107 Å². The third-order valence-electron chi connectivity index (χ3n) is 7.48. The zero-order chi connectivity index (χ0) is 27.9. The zero-order valence-corrected chi connectivity index (χ0v) is 24.1.